The monoisotopic (exact) mass is 325 g/mol. The molecule has 1 saturated heterocycles. The van der Waals surface area contributed by atoms with Crippen molar-refractivity contribution >= 4 is 11.6 Å². The molecule has 0 aliphatic carbocycles. The summed E-state index contributed by atoms with van der Waals surface area (Å²) in [5, 5.41) is 18.9. The van der Waals surface area contributed by atoms with E-state index in [0.717, 1.165) is 17.8 Å². The number of nitrogens with zero attached hydrogens (tertiary/aromatic N) is 3. The van der Waals surface area contributed by atoms with Gasteiger partial charge in [0.1, 0.15) is 17.6 Å². The maximum Gasteiger partial charge on any atom is 0.257 e. The predicted octanol–water partition coefficient (Wildman–Crippen LogP) is 2.37. The van der Waals surface area contributed by atoms with Gasteiger partial charge in [-0.3, -0.25) is 4.79 Å². The van der Waals surface area contributed by atoms with Crippen LogP contribution in [0.4, 0.5) is 10.1 Å². The highest BCUT2D eigenvalue weighted by Gasteiger charge is 2.25. The summed E-state index contributed by atoms with van der Waals surface area (Å²) in [6.07, 6.45) is 0. The average molecular weight is 325 g/mol. The molecule has 2 aromatic rings. The lowest BCUT2D eigenvalue weighted by Crippen LogP contribution is -2.49. The fourth-order valence-electron chi connectivity index (χ4n) is 2.85. The molecular weight excluding hydrogens is 309 g/mol. The van der Waals surface area contributed by atoms with E-state index in [9.17, 15) is 19.6 Å². The molecule has 6 heteroatoms. The zero-order chi connectivity index (χ0) is 17.1. The summed E-state index contributed by atoms with van der Waals surface area (Å²) < 4.78 is 13.0. The van der Waals surface area contributed by atoms with Crippen LogP contribution in [0.3, 0.4) is 0 Å². The largest absolute Gasteiger partial charge is 0.507 e. The minimum absolute atomic E-state index is 0.0993. The molecule has 1 fully saturated rings. The summed E-state index contributed by atoms with van der Waals surface area (Å²) in [5.74, 6) is -1.25. The number of amides is 1. The maximum atomic E-state index is 13.0. The molecule has 122 valence electrons. The van der Waals surface area contributed by atoms with Crippen LogP contribution in [0.2, 0.25) is 0 Å². The van der Waals surface area contributed by atoms with E-state index in [2.05, 4.69) is 11.0 Å². The number of carbonyl (C=O) groups is 1. The SMILES string of the molecule is N#Cc1ccccc1N1CCN(C(=O)c2ccc(F)cc2O)CC1. The van der Waals surface area contributed by atoms with E-state index in [1.807, 2.05) is 18.2 Å². The number of hydrogen-bond acceptors (Lipinski definition) is 4. The van der Waals surface area contributed by atoms with Crippen LogP contribution in [0, 0.1) is 17.1 Å². The molecule has 1 amide bonds. The van der Waals surface area contributed by atoms with Crippen LogP contribution in [-0.4, -0.2) is 42.1 Å². The number of piperazine rings is 1. The summed E-state index contributed by atoms with van der Waals surface area (Å²) in [6.45, 7) is 2.11. The summed E-state index contributed by atoms with van der Waals surface area (Å²) in [4.78, 5) is 16.2. The van der Waals surface area contributed by atoms with Crippen LogP contribution in [0.5, 0.6) is 5.75 Å². The van der Waals surface area contributed by atoms with Crippen molar-refractivity contribution in [3.8, 4) is 11.8 Å². The molecule has 5 nitrogen and oxygen atoms in total. The van der Waals surface area contributed by atoms with Gasteiger partial charge in [-0.25, -0.2) is 4.39 Å². The lowest BCUT2D eigenvalue weighted by molar-refractivity contribution is 0.0743. The Balaban J connectivity index is 1.71. The molecule has 1 heterocycles. The van der Waals surface area contributed by atoms with Crippen LogP contribution in [0.1, 0.15) is 15.9 Å². The van der Waals surface area contributed by atoms with Gasteiger partial charge in [0.25, 0.3) is 5.91 Å². The number of carbonyl (C=O) groups excluding carboxylic acids is 1. The third-order valence-corrected chi connectivity index (χ3v) is 4.12. The summed E-state index contributed by atoms with van der Waals surface area (Å²) >= 11 is 0. The molecule has 3 rings (SSSR count). The first-order chi connectivity index (χ1) is 11.6. The Labute approximate surface area is 139 Å². The molecule has 1 aliphatic rings. The molecule has 1 N–H and O–H groups in total. The second-order valence-electron chi connectivity index (χ2n) is 5.57. The molecular formula is C18H16FN3O2. The van der Waals surface area contributed by atoms with Crippen molar-refractivity contribution < 1.29 is 14.3 Å². The fourth-order valence-corrected chi connectivity index (χ4v) is 2.85. The highest BCUT2D eigenvalue weighted by Crippen LogP contribution is 2.23. The molecule has 0 radical (unpaired) electrons. The van der Waals surface area contributed by atoms with Crippen molar-refractivity contribution in [2.75, 3.05) is 31.1 Å². The number of phenolic OH excluding ortho intramolecular Hbond substituents is 1. The zero-order valence-corrected chi connectivity index (χ0v) is 12.9. The first kappa shape index (κ1) is 15.8. The van der Waals surface area contributed by atoms with Crippen molar-refractivity contribution in [1.82, 2.24) is 4.90 Å². The van der Waals surface area contributed by atoms with E-state index in [1.54, 1.807) is 11.0 Å². The molecule has 24 heavy (non-hydrogen) atoms. The van der Waals surface area contributed by atoms with E-state index in [4.69, 9.17) is 0 Å². The summed E-state index contributed by atoms with van der Waals surface area (Å²) in [7, 11) is 0. The Morgan fingerprint density at radius 1 is 1.12 bits per heavy atom. The number of hydrogen-bond donors (Lipinski definition) is 1. The van der Waals surface area contributed by atoms with E-state index >= 15 is 0 Å². The Bertz CT molecular complexity index is 808. The lowest BCUT2D eigenvalue weighted by Gasteiger charge is -2.36. The molecule has 0 saturated carbocycles. The molecule has 0 unspecified atom stereocenters. The van der Waals surface area contributed by atoms with E-state index in [1.165, 1.54) is 6.07 Å². The molecule has 0 aromatic heterocycles. The van der Waals surface area contributed by atoms with Crippen LogP contribution in [-0.2, 0) is 0 Å². The normalized spacial score (nSPS) is 14.3. The van der Waals surface area contributed by atoms with Crippen molar-refractivity contribution in [1.29, 1.82) is 5.26 Å². The number of aromatic hydroxyl groups is 1. The molecule has 0 spiro atoms. The minimum Gasteiger partial charge on any atom is -0.507 e. The van der Waals surface area contributed by atoms with Gasteiger partial charge in [-0.1, -0.05) is 12.1 Å². The Morgan fingerprint density at radius 3 is 2.50 bits per heavy atom. The van der Waals surface area contributed by atoms with Crippen LogP contribution in [0.15, 0.2) is 42.5 Å². The van der Waals surface area contributed by atoms with Gasteiger partial charge in [-0.15, -0.1) is 0 Å². The molecule has 2 aromatic carbocycles. The van der Waals surface area contributed by atoms with E-state index in [-0.39, 0.29) is 17.2 Å². The van der Waals surface area contributed by atoms with Crippen molar-refractivity contribution in [3.63, 3.8) is 0 Å². The van der Waals surface area contributed by atoms with Gasteiger partial charge in [0, 0.05) is 32.2 Å². The number of benzene rings is 2. The standard InChI is InChI=1S/C18H16FN3O2/c19-14-5-6-15(17(23)11-14)18(24)22-9-7-21(8-10-22)16-4-2-1-3-13(16)12-20/h1-6,11,23H,7-10H2. The topological polar surface area (TPSA) is 67.6 Å². The Kier molecular flexibility index (Phi) is 4.34. The van der Waals surface area contributed by atoms with Crippen LogP contribution in [0.25, 0.3) is 0 Å². The predicted molar refractivity (Wildman–Crippen MR) is 87.3 cm³/mol. The van der Waals surface area contributed by atoms with Crippen LogP contribution < -0.4 is 4.90 Å². The van der Waals surface area contributed by atoms with E-state index < -0.39 is 5.82 Å². The van der Waals surface area contributed by atoms with Gasteiger partial charge in [0.15, 0.2) is 0 Å². The van der Waals surface area contributed by atoms with Gasteiger partial charge >= 0.3 is 0 Å². The van der Waals surface area contributed by atoms with Crippen molar-refractivity contribution in [2.45, 2.75) is 0 Å². The molecule has 0 bridgehead atoms. The zero-order valence-electron chi connectivity index (χ0n) is 12.9. The number of nitriles is 1. The first-order valence-electron chi connectivity index (χ1n) is 7.62. The van der Waals surface area contributed by atoms with Gasteiger partial charge < -0.3 is 14.9 Å². The quantitative estimate of drug-likeness (QED) is 0.920. The Morgan fingerprint density at radius 2 is 1.83 bits per heavy atom. The first-order valence-corrected chi connectivity index (χ1v) is 7.62. The smallest absolute Gasteiger partial charge is 0.257 e. The number of halogens is 1. The highest BCUT2D eigenvalue weighted by molar-refractivity contribution is 5.97. The Hall–Kier alpha value is -3.07. The summed E-state index contributed by atoms with van der Waals surface area (Å²) in [5.41, 5.74) is 1.56. The van der Waals surface area contributed by atoms with Gasteiger partial charge in [0.2, 0.25) is 0 Å². The van der Waals surface area contributed by atoms with Gasteiger partial charge in [-0.2, -0.15) is 5.26 Å². The third-order valence-electron chi connectivity index (χ3n) is 4.12. The van der Waals surface area contributed by atoms with Crippen LogP contribution >= 0.6 is 0 Å². The summed E-state index contributed by atoms with van der Waals surface area (Å²) in [6, 6.07) is 12.9. The lowest BCUT2D eigenvalue weighted by atomic mass is 10.1. The number of phenols is 1. The average Bonchev–Trinajstić information content (AvgIpc) is 2.61. The number of rotatable bonds is 2. The number of para-hydroxylation sites is 1. The highest BCUT2D eigenvalue weighted by atomic mass is 19.1. The molecule has 1 aliphatic heterocycles. The van der Waals surface area contributed by atoms with Crippen molar-refractivity contribution in [3.05, 3.63) is 59.4 Å². The second-order valence-corrected chi connectivity index (χ2v) is 5.57. The van der Waals surface area contributed by atoms with Gasteiger partial charge in [0.05, 0.1) is 16.8 Å². The minimum atomic E-state index is -0.582. The fraction of sp³-hybridized carbons (Fsp3) is 0.222. The number of anilines is 1. The second kappa shape index (κ2) is 6.59. The van der Waals surface area contributed by atoms with Gasteiger partial charge in [-0.05, 0) is 24.3 Å². The maximum absolute atomic E-state index is 13.0. The third kappa shape index (κ3) is 3.01. The van der Waals surface area contributed by atoms with E-state index in [0.29, 0.717) is 31.7 Å². The molecule has 0 atom stereocenters. The van der Waals surface area contributed by atoms with Crippen molar-refractivity contribution in [2.24, 2.45) is 0 Å².